The van der Waals surface area contributed by atoms with Crippen molar-refractivity contribution in [2.45, 2.75) is 0 Å². The topological polar surface area (TPSA) is 3.24 Å². The van der Waals surface area contributed by atoms with Gasteiger partial charge in [-0.1, -0.05) is 87.6 Å². The van der Waals surface area contributed by atoms with Crippen LogP contribution in [0.2, 0.25) is 0 Å². The molecule has 0 heterocycles. The third kappa shape index (κ3) is 4.34. The lowest BCUT2D eigenvalue weighted by atomic mass is 10.1. The fourth-order valence-corrected chi connectivity index (χ4v) is 3.23. The van der Waals surface area contributed by atoms with Crippen LogP contribution < -0.4 is 4.90 Å². The number of halogens is 2. The van der Waals surface area contributed by atoms with Gasteiger partial charge in [0.2, 0.25) is 0 Å². The summed E-state index contributed by atoms with van der Waals surface area (Å²) in [6.07, 6.45) is 0. The van der Waals surface area contributed by atoms with Gasteiger partial charge in [0.1, 0.15) is 0 Å². The monoisotopic (exact) mass is 477 g/mol. The molecule has 0 N–H and O–H groups in total. The molecule has 3 heteroatoms. The summed E-state index contributed by atoms with van der Waals surface area (Å²) in [5, 5.41) is 0. The molecule has 0 atom stereocenters. The van der Waals surface area contributed by atoms with Gasteiger partial charge in [-0.3, -0.25) is 0 Å². The maximum Gasteiger partial charge on any atom is 0.0367 e. The van der Waals surface area contributed by atoms with Gasteiger partial charge in [-0.05, 0) is 23.3 Å². The van der Waals surface area contributed by atoms with Crippen LogP contribution in [0.25, 0.3) is 11.1 Å². The molecule has 2 aromatic rings. The summed E-state index contributed by atoms with van der Waals surface area (Å²) in [7, 11) is 0. The maximum absolute atomic E-state index is 2.45. The van der Waals surface area contributed by atoms with Crippen molar-refractivity contribution < 1.29 is 0 Å². The van der Waals surface area contributed by atoms with Crippen molar-refractivity contribution in [3.63, 3.8) is 0 Å². The Morgan fingerprint density at radius 2 is 1.21 bits per heavy atom. The summed E-state index contributed by atoms with van der Waals surface area (Å²) in [5.74, 6) is 0. The standard InChI is InChI=1S/C16H17I2N/c17-10-12-19(13-11-18)16-8-6-15(7-9-16)14-4-2-1-3-5-14/h1-9H,10-13H2. The minimum absolute atomic E-state index is 1.12. The average Bonchev–Trinajstić information content (AvgIpc) is 2.48. The van der Waals surface area contributed by atoms with E-state index in [1.807, 2.05) is 0 Å². The first-order valence-corrected chi connectivity index (χ1v) is 9.42. The Balaban J connectivity index is 2.17. The van der Waals surface area contributed by atoms with Crippen molar-refractivity contribution >= 4 is 50.9 Å². The number of alkyl halides is 2. The second-order valence-corrected chi connectivity index (χ2v) is 6.44. The van der Waals surface area contributed by atoms with Gasteiger partial charge in [0.25, 0.3) is 0 Å². The van der Waals surface area contributed by atoms with Gasteiger partial charge in [0.15, 0.2) is 0 Å². The Labute approximate surface area is 142 Å². The molecule has 0 radical (unpaired) electrons. The van der Waals surface area contributed by atoms with Crippen LogP contribution in [0, 0.1) is 0 Å². The molecule has 0 fully saturated rings. The molecule has 0 aromatic heterocycles. The Bertz CT molecular complexity index is 476. The molecule has 0 spiro atoms. The molecule has 0 amide bonds. The highest BCUT2D eigenvalue weighted by Crippen LogP contribution is 2.23. The van der Waals surface area contributed by atoms with Crippen molar-refractivity contribution in [1.29, 1.82) is 0 Å². The van der Waals surface area contributed by atoms with E-state index in [0.717, 1.165) is 21.9 Å². The van der Waals surface area contributed by atoms with Gasteiger partial charge in [0, 0.05) is 27.6 Å². The van der Waals surface area contributed by atoms with Crippen molar-refractivity contribution in [2.75, 3.05) is 26.8 Å². The predicted octanol–water partition coefficient (Wildman–Crippen LogP) is 5.03. The summed E-state index contributed by atoms with van der Waals surface area (Å²) in [6.45, 7) is 2.24. The Morgan fingerprint density at radius 1 is 0.684 bits per heavy atom. The normalized spacial score (nSPS) is 10.4. The number of hydrogen-bond acceptors (Lipinski definition) is 1. The third-order valence-corrected chi connectivity index (χ3v) is 4.01. The summed E-state index contributed by atoms with van der Waals surface area (Å²) < 4.78 is 2.32. The maximum atomic E-state index is 2.45. The van der Waals surface area contributed by atoms with Crippen LogP contribution in [0.4, 0.5) is 5.69 Å². The molecule has 100 valence electrons. The fourth-order valence-electron chi connectivity index (χ4n) is 2.07. The minimum atomic E-state index is 1.12. The zero-order valence-corrected chi connectivity index (χ0v) is 15.0. The van der Waals surface area contributed by atoms with Crippen LogP contribution >= 0.6 is 45.2 Å². The van der Waals surface area contributed by atoms with Crippen molar-refractivity contribution in [2.24, 2.45) is 0 Å². The molecule has 0 aliphatic carbocycles. The summed E-state index contributed by atoms with van der Waals surface area (Å²) in [6, 6.07) is 19.5. The van der Waals surface area contributed by atoms with Gasteiger partial charge in [-0.2, -0.15) is 0 Å². The Kier molecular flexibility index (Phi) is 6.43. The largest absolute Gasteiger partial charge is 0.370 e. The number of hydrogen-bond donors (Lipinski definition) is 0. The number of benzene rings is 2. The van der Waals surface area contributed by atoms with Crippen LogP contribution in [-0.2, 0) is 0 Å². The summed E-state index contributed by atoms with van der Waals surface area (Å²) in [4.78, 5) is 2.45. The molecular formula is C16H17I2N. The van der Waals surface area contributed by atoms with Gasteiger partial charge in [0.05, 0.1) is 0 Å². The molecule has 0 aliphatic rings. The summed E-state index contributed by atoms with van der Waals surface area (Å²) >= 11 is 4.88. The second-order valence-electron chi connectivity index (χ2n) is 4.28. The molecule has 0 unspecified atom stereocenters. The van der Waals surface area contributed by atoms with Crippen molar-refractivity contribution in [3.05, 3.63) is 54.6 Å². The van der Waals surface area contributed by atoms with E-state index in [1.54, 1.807) is 0 Å². The van der Waals surface area contributed by atoms with Gasteiger partial charge >= 0.3 is 0 Å². The van der Waals surface area contributed by atoms with E-state index in [9.17, 15) is 0 Å². The average molecular weight is 477 g/mol. The highest BCUT2D eigenvalue weighted by atomic mass is 127. The molecule has 2 rings (SSSR count). The lowest BCUT2D eigenvalue weighted by Crippen LogP contribution is -2.27. The molecule has 0 aliphatic heterocycles. The Morgan fingerprint density at radius 3 is 1.74 bits per heavy atom. The van der Waals surface area contributed by atoms with E-state index in [4.69, 9.17) is 0 Å². The Hall–Kier alpha value is -0.300. The first-order valence-electron chi connectivity index (χ1n) is 6.37. The highest BCUT2D eigenvalue weighted by molar-refractivity contribution is 14.1. The van der Waals surface area contributed by atoms with Crippen LogP contribution in [0.5, 0.6) is 0 Å². The zero-order valence-electron chi connectivity index (χ0n) is 10.7. The van der Waals surface area contributed by atoms with Crippen molar-refractivity contribution in [3.8, 4) is 11.1 Å². The smallest absolute Gasteiger partial charge is 0.0367 e. The first kappa shape index (κ1) is 15.1. The number of rotatable bonds is 6. The lowest BCUT2D eigenvalue weighted by molar-refractivity contribution is 0.892. The lowest BCUT2D eigenvalue weighted by Gasteiger charge is -2.23. The van der Waals surface area contributed by atoms with E-state index >= 15 is 0 Å². The van der Waals surface area contributed by atoms with E-state index < -0.39 is 0 Å². The van der Waals surface area contributed by atoms with E-state index in [-0.39, 0.29) is 0 Å². The van der Waals surface area contributed by atoms with Crippen LogP contribution in [-0.4, -0.2) is 21.9 Å². The first-order chi connectivity index (χ1) is 9.35. The van der Waals surface area contributed by atoms with Crippen LogP contribution in [0.15, 0.2) is 54.6 Å². The predicted molar refractivity (Wildman–Crippen MR) is 102 cm³/mol. The van der Waals surface area contributed by atoms with Crippen molar-refractivity contribution in [1.82, 2.24) is 0 Å². The third-order valence-electron chi connectivity index (χ3n) is 3.05. The molecule has 2 aromatic carbocycles. The summed E-state index contributed by atoms with van der Waals surface area (Å²) in [5.41, 5.74) is 3.89. The van der Waals surface area contributed by atoms with E-state index in [1.165, 1.54) is 16.8 Å². The second kappa shape index (κ2) is 8.09. The van der Waals surface area contributed by atoms with Gasteiger partial charge in [-0.25, -0.2) is 0 Å². The molecule has 0 bridgehead atoms. The highest BCUT2D eigenvalue weighted by Gasteiger charge is 2.05. The number of nitrogens with zero attached hydrogens (tertiary/aromatic N) is 1. The van der Waals surface area contributed by atoms with E-state index in [0.29, 0.717) is 0 Å². The minimum Gasteiger partial charge on any atom is -0.370 e. The quantitative estimate of drug-likeness (QED) is 0.417. The van der Waals surface area contributed by atoms with Gasteiger partial charge in [-0.15, -0.1) is 0 Å². The van der Waals surface area contributed by atoms with E-state index in [2.05, 4.69) is 105 Å². The molecule has 0 saturated carbocycles. The SMILES string of the molecule is ICCN(CCI)c1ccc(-c2ccccc2)cc1. The molecule has 0 saturated heterocycles. The van der Waals surface area contributed by atoms with Gasteiger partial charge < -0.3 is 4.90 Å². The van der Waals surface area contributed by atoms with Crippen LogP contribution in [0.3, 0.4) is 0 Å². The zero-order chi connectivity index (χ0) is 13.5. The molecular weight excluding hydrogens is 460 g/mol. The molecule has 19 heavy (non-hydrogen) atoms. The molecule has 1 nitrogen and oxygen atoms in total. The van der Waals surface area contributed by atoms with Crippen LogP contribution in [0.1, 0.15) is 0 Å². The number of anilines is 1. The fraction of sp³-hybridized carbons (Fsp3) is 0.250.